The fraction of sp³-hybridized carbons (Fsp3) is 0.130. The zero-order valence-electron chi connectivity index (χ0n) is 16.0. The highest BCUT2D eigenvalue weighted by atomic mass is 79.9. The average molecular weight is 488 g/mol. The Morgan fingerprint density at radius 2 is 1.37 bits per heavy atom. The molecule has 0 unspecified atom stereocenters. The molecule has 0 atom stereocenters. The van der Waals surface area contributed by atoms with Gasteiger partial charge in [-0.15, -0.1) is 0 Å². The Hall–Kier alpha value is -2.83. The number of carbonyl (C=O) groups is 2. The predicted octanol–water partition coefficient (Wildman–Crippen LogP) is 4.73. The maximum absolute atomic E-state index is 12.3. The quantitative estimate of drug-likeness (QED) is 0.483. The molecule has 154 valence electrons. The molecule has 0 heterocycles. The zero-order valence-corrected chi connectivity index (χ0v) is 18.4. The van der Waals surface area contributed by atoms with E-state index < -0.39 is 0 Å². The summed E-state index contributed by atoms with van der Waals surface area (Å²) in [7, 11) is 0. The number of hydrogen-bond acceptors (Lipinski definition) is 3. The second-order valence-corrected chi connectivity index (χ2v) is 7.88. The summed E-state index contributed by atoms with van der Waals surface area (Å²) < 4.78 is 6.47. The van der Waals surface area contributed by atoms with Crippen molar-refractivity contribution in [2.24, 2.45) is 0 Å². The molecule has 0 saturated heterocycles. The van der Waals surface area contributed by atoms with Gasteiger partial charge in [0.05, 0.1) is 0 Å². The monoisotopic (exact) mass is 486 g/mol. The number of halogens is 2. The Bertz CT molecular complexity index is 990. The number of rotatable bonds is 8. The molecule has 3 rings (SSSR count). The summed E-state index contributed by atoms with van der Waals surface area (Å²) in [6, 6.07) is 21.7. The number of amides is 2. The summed E-state index contributed by atoms with van der Waals surface area (Å²) in [5, 5.41) is 6.30. The molecule has 0 aliphatic rings. The van der Waals surface area contributed by atoms with E-state index in [1.807, 2.05) is 36.4 Å². The van der Waals surface area contributed by atoms with Crippen molar-refractivity contribution in [3.05, 3.63) is 99.0 Å². The van der Waals surface area contributed by atoms with E-state index in [-0.39, 0.29) is 18.4 Å². The van der Waals surface area contributed by atoms with Crippen LogP contribution >= 0.6 is 27.5 Å². The first-order valence-corrected chi connectivity index (χ1v) is 10.4. The molecule has 3 aromatic carbocycles. The van der Waals surface area contributed by atoms with Crippen molar-refractivity contribution < 1.29 is 14.3 Å². The van der Waals surface area contributed by atoms with Crippen LogP contribution in [0.3, 0.4) is 0 Å². The molecule has 3 aromatic rings. The van der Waals surface area contributed by atoms with Gasteiger partial charge in [-0.3, -0.25) is 9.59 Å². The molecule has 2 N–H and O–H groups in total. The molecule has 0 aliphatic carbocycles. The first-order valence-electron chi connectivity index (χ1n) is 9.26. The molecule has 5 nitrogen and oxygen atoms in total. The van der Waals surface area contributed by atoms with Gasteiger partial charge < -0.3 is 15.4 Å². The fourth-order valence-electron chi connectivity index (χ4n) is 2.59. The van der Waals surface area contributed by atoms with E-state index in [1.165, 1.54) is 0 Å². The maximum Gasteiger partial charge on any atom is 0.258 e. The van der Waals surface area contributed by atoms with Crippen LogP contribution in [0, 0.1) is 0 Å². The Morgan fingerprint density at radius 1 is 0.800 bits per heavy atom. The smallest absolute Gasteiger partial charge is 0.258 e. The van der Waals surface area contributed by atoms with Crippen LogP contribution in [0.25, 0.3) is 0 Å². The SMILES string of the molecule is O=C(COc1ccc(C(=O)NCc2ccc(Br)cc2)cc1)NCc1ccc(Cl)cc1. The third-order valence-electron chi connectivity index (χ3n) is 4.26. The zero-order chi connectivity index (χ0) is 21.3. The third-order valence-corrected chi connectivity index (χ3v) is 5.04. The molecular formula is C23H20BrClN2O3. The summed E-state index contributed by atoms with van der Waals surface area (Å²) in [6.45, 7) is 0.734. The van der Waals surface area contributed by atoms with Crippen molar-refractivity contribution in [1.29, 1.82) is 0 Å². The lowest BCUT2D eigenvalue weighted by Gasteiger charge is -2.09. The minimum atomic E-state index is -0.235. The lowest BCUT2D eigenvalue weighted by Crippen LogP contribution is -2.28. The second kappa shape index (κ2) is 10.8. The van der Waals surface area contributed by atoms with Gasteiger partial charge in [-0.2, -0.15) is 0 Å². The van der Waals surface area contributed by atoms with E-state index in [1.54, 1.807) is 36.4 Å². The van der Waals surface area contributed by atoms with Crippen LogP contribution in [0.4, 0.5) is 0 Å². The number of nitrogens with one attached hydrogen (secondary N) is 2. The van der Waals surface area contributed by atoms with E-state index in [0.29, 0.717) is 29.4 Å². The van der Waals surface area contributed by atoms with Gasteiger partial charge in [0.1, 0.15) is 5.75 Å². The summed E-state index contributed by atoms with van der Waals surface area (Å²) in [6.07, 6.45) is 0. The first-order chi connectivity index (χ1) is 14.5. The van der Waals surface area contributed by atoms with Gasteiger partial charge in [0.15, 0.2) is 6.61 Å². The Balaban J connectivity index is 1.42. The van der Waals surface area contributed by atoms with Gasteiger partial charge in [-0.25, -0.2) is 0 Å². The van der Waals surface area contributed by atoms with E-state index >= 15 is 0 Å². The Labute approximate surface area is 188 Å². The summed E-state index contributed by atoms with van der Waals surface area (Å²) in [4.78, 5) is 24.2. The molecule has 7 heteroatoms. The average Bonchev–Trinajstić information content (AvgIpc) is 2.77. The highest BCUT2D eigenvalue weighted by Gasteiger charge is 2.07. The molecule has 0 radical (unpaired) electrons. The number of hydrogen-bond donors (Lipinski definition) is 2. The van der Waals surface area contributed by atoms with Crippen LogP contribution in [0.5, 0.6) is 5.75 Å². The fourth-order valence-corrected chi connectivity index (χ4v) is 2.98. The summed E-state index contributed by atoms with van der Waals surface area (Å²) in [5.74, 6) is 0.104. The lowest BCUT2D eigenvalue weighted by atomic mass is 10.2. The van der Waals surface area contributed by atoms with Crippen molar-refractivity contribution in [1.82, 2.24) is 10.6 Å². The van der Waals surface area contributed by atoms with E-state index in [9.17, 15) is 9.59 Å². The highest BCUT2D eigenvalue weighted by Crippen LogP contribution is 2.13. The van der Waals surface area contributed by atoms with Crippen molar-refractivity contribution in [2.45, 2.75) is 13.1 Å². The van der Waals surface area contributed by atoms with Crippen molar-refractivity contribution in [3.8, 4) is 5.75 Å². The van der Waals surface area contributed by atoms with Gasteiger partial charge in [-0.05, 0) is 59.7 Å². The van der Waals surface area contributed by atoms with E-state index in [2.05, 4.69) is 26.6 Å². The van der Waals surface area contributed by atoms with E-state index in [4.69, 9.17) is 16.3 Å². The van der Waals surface area contributed by atoms with Gasteiger partial charge in [-0.1, -0.05) is 51.8 Å². The Kier molecular flexibility index (Phi) is 7.88. The van der Waals surface area contributed by atoms with Crippen LogP contribution < -0.4 is 15.4 Å². The summed E-state index contributed by atoms with van der Waals surface area (Å²) in [5.41, 5.74) is 2.48. The molecule has 2 amide bonds. The minimum Gasteiger partial charge on any atom is -0.484 e. The standard InChI is InChI=1S/C23H20BrClN2O3/c24-19-7-1-16(2-8-19)14-27-23(29)18-5-11-21(12-6-18)30-15-22(28)26-13-17-3-9-20(25)10-4-17/h1-12H,13-15H2,(H,26,28)(H,27,29). The van der Waals surface area contributed by atoms with Gasteiger partial charge in [0.2, 0.25) is 0 Å². The number of benzene rings is 3. The topological polar surface area (TPSA) is 67.4 Å². The van der Waals surface area contributed by atoms with Crippen LogP contribution in [-0.2, 0) is 17.9 Å². The third kappa shape index (κ3) is 6.90. The highest BCUT2D eigenvalue weighted by molar-refractivity contribution is 9.10. The van der Waals surface area contributed by atoms with Crippen LogP contribution in [0.15, 0.2) is 77.3 Å². The van der Waals surface area contributed by atoms with Gasteiger partial charge in [0.25, 0.3) is 11.8 Å². The van der Waals surface area contributed by atoms with Crippen molar-refractivity contribution >= 4 is 39.3 Å². The largest absolute Gasteiger partial charge is 0.484 e. The van der Waals surface area contributed by atoms with Crippen LogP contribution in [0.2, 0.25) is 5.02 Å². The van der Waals surface area contributed by atoms with Crippen LogP contribution in [-0.4, -0.2) is 18.4 Å². The molecule has 0 aromatic heterocycles. The first kappa shape index (κ1) is 21.9. The lowest BCUT2D eigenvalue weighted by molar-refractivity contribution is -0.123. The minimum absolute atomic E-state index is 0.108. The molecule has 0 saturated carbocycles. The maximum atomic E-state index is 12.3. The molecule has 0 fully saturated rings. The molecule has 0 aliphatic heterocycles. The van der Waals surface area contributed by atoms with Crippen molar-refractivity contribution in [3.63, 3.8) is 0 Å². The normalized spacial score (nSPS) is 10.3. The van der Waals surface area contributed by atoms with Gasteiger partial charge >= 0.3 is 0 Å². The molecule has 30 heavy (non-hydrogen) atoms. The predicted molar refractivity (Wildman–Crippen MR) is 121 cm³/mol. The number of carbonyl (C=O) groups excluding carboxylic acids is 2. The summed E-state index contributed by atoms with van der Waals surface area (Å²) >= 11 is 9.22. The number of ether oxygens (including phenoxy) is 1. The van der Waals surface area contributed by atoms with Gasteiger partial charge in [0, 0.05) is 28.1 Å². The molecular weight excluding hydrogens is 468 g/mol. The van der Waals surface area contributed by atoms with Crippen LogP contribution in [0.1, 0.15) is 21.5 Å². The molecule has 0 spiro atoms. The molecule has 0 bridgehead atoms. The second-order valence-electron chi connectivity index (χ2n) is 6.53. The Morgan fingerprint density at radius 3 is 2.00 bits per heavy atom. The van der Waals surface area contributed by atoms with Crippen molar-refractivity contribution in [2.75, 3.05) is 6.61 Å². The van der Waals surface area contributed by atoms with E-state index in [0.717, 1.165) is 15.6 Å².